The topological polar surface area (TPSA) is 66.0 Å². The largest absolute Gasteiger partial charge is 0.493 e. The van der Waals surface area contributed by atoms with Crippen LogP contribution in [0.4, 0.5) is 4.39 Å². The minimum absolute atomic E-state index is 0.143. The van der Waals surface area contributed by atoms with Crippen molar-refractivity contribution in [1.29, 1.82) is 0 Å². The molecule has 0 radical (unpaired) electrons. The predicted molar refractivity (Wildman–Crippen MR) is 99.3 cm³/mol. The Bertz CT molecular complexity index is 741. The molecule has 2 rings (SSSR count). The number of para-hydroxylation sites is 1. The number of hydrogen-bond acceptors (Lipinski definition) is 5. The van der Waals surface area contributed by atoms with E-state index < -0.39 is 5.82 Å². The van der Waals surface area contributed by atoms with Crippen molar-refractivity contribution < 1.29 is 28.1 Å². The van der Waals surface area contributed by atoms with Crippen LogP contribution in [0.2, 0.25) is 0 Å². The molecule has 0 unspecified atom stereocenters. The van der Waals surface area contributed by atoms with Crippen LogP contribution in [0.3, 0.4) is 0 Å². The highest BCUT2D eigenvalue weighted by molar-refractivity contribution is 5.79. The lowest BCUT2D eigenvalue weighted by atomic mass is 10.1. The Kier molecular flexibility index (Phi) is 7.73. The molecule has 0 aliphatic carbocycles. The van der Waals surface area contributed by atoms with E-state index in [1.54, 1.807) is 30.3 Å². The maximum atomic E-state index is 13.4. The summed E-state index contributed by atoms with van der Waals surface area (Å²) in [6, 6.07) is 9.69. The van der Waals surface area contributed by atoms with Crippen molar-refractivity contribution in [2.75, 3.05) is 34.5 Å². The zero-order chi connectivity index (χ0) is 19.6. The van der Waals surface area contributed by atoms with Gasteiger partial charge in [0.15, 0.2) is 23.1 Å². The van der Waals surface area contributed by atoms with Crippen molar-refractivity contribution in [3.63, 3.8) is 0 Å². The Hall–Kier alpha value is -2.96. The zero-order valence-corrected chi connectivity index (χ0v) is 15.7. The third-order valence-electron chi connectivity index (χ3n) is 3.83. The summed E-state index contributed by atoms with van der Waals surface area (Å²) in [6.45, 7) is 0.739. The van der Waals surface area contributed by atoms with E-state index in [2.05, 4.69) is 5.32 Å². The van der Waals surface area contributed by atoms with Gasteiger partial charge >= 0.3 is 0 Å². The molecule has 0 saturated carbocycles. The van der Waals surface area contributed by atoms with Crippen molar-refractivity contribution in [2.45, 2.75) is 12.8 Å². The van der Waals surface area contributed by atoms with E-state index in [0.717, 1.165) is 5.56 Å². The van der Waals surface area contributed by atoms with Crippen LogP contribution in [0.5, 0.6) is 23.0 Å². The van der Waals surface area contributed by atoms with Crippen molar-refractivity contribution in [3.05, 3.63) is 47.8 Å². The smallest absolute Gasteiger partial charge is 0.224 e. The van der Waals surface area contributed by atoms with Crippen LogP contribution in [0.25, 0.3) is 0 Å². The molecule has 146 valence electrons. The second-order valence-corrected chi connectivity index (χ2v) is 5.69. The van der Waals surface area contributed by atoms with E-state index in [-0.39, 0.29) is 18.1 Å². The Labute approximate surface area is 158 Å². The molecule has 0 aromatic heterocycles. The molecule has 6 nitrogen and oxygen atoms in total. The fourth-order valence-electron chi connectivity index (χ4n) is 2.53. The molecule has 0 aliphatic rings. The second-order valence-electron chi connectivity index (χ2n) is 5.69. The van der Waals surface area contributed by atoms with Crippen LogP contribution in [-0.4, -0.2) is 40.4 Å². The minimum Gasteiger partial charge on any atom is -0.493 e. The molecular weight excluding hydrogens is 353 g/mol. The Morgan fingerprint density at radius 2 is 1.67 bits per heavy atom. The van der Waals surface area contributed by atoms with Gasteiger partial charge in [0.2, 0.25) is 11.7 Å². The first kappa shape index (κ1) is 20.4. The SMILES string of the molecule is COc1cc(CC(=O)NCCCOc2ccccc2F)cc(OC)c1OC. The summed E-state index contributed by atoms with van der Waals surface area (Å²) in [5.41, 5.74) is 0.740. The van der Waals surface area contributed by atoms with Crippen LogP contribution in [0, 0.1) is 5.82 Å². The van der Waals surface area contributed by atoms with E-state index in [1.165, 1.54) is 27.4 Å². The van der Waals surface area contributed by atoms with Gasteiger partial charge in [0.05, 0.1) is 34.4 Å². The third-order valence-corrected chi connectivity index (χ3v) is 3.83. The van der Waals surface area contributed by atoms with Gasteiger partial charge < -0.3 is 24.3 Å². The third kappa shape index (κ3) is 5.77. The van der Waals surface area contributed by atoms with E-state index >= 15 is 0 Å². The van der Waals surface area contributed by atoms with Crippen LogP contribution in [-0.2, 0) is 11.2 Å². The molecule has 0 bridgehead atoms. The molecular formula is C20H24FNO5. The van der Waals surface area contributed by atoms with Gasteiger partial charge in [-0.25, -0.2) is 4.39 Å². The highest BCUT2D eigenvalue weighted by atomic mass is 19.1. The lowest BCUT2D eigenvalue weighted by molar-refractivity contribution is -0.120. The first-order chi connectivity index (χ1) is 13.1. The number of carbonyl (C=O) groups is 1. The number of hydrogen-bond donors (Lipinski definition) is 1. The number of nitrogens with one attached hydrogen (secondary N) is 1. The quantitative estimate of drug-likeness (QED) is 0.645. The Morgan fingerprint density at radius 3 is 2.26 bits per heavy atom. The standard InChI is InChI=1S/C20H24FNO5/c1-24-17-11-14(12-18(25-2)20(17)26-3)13-19(23)22-9-6-10-27-16-8-5-4-7-15(16)21/h4-5,7-8,11-12H,6,9-10,13H2,1-3H3,(H,22,23). The number of methoxy groups -OCH3 is 3. The zero-order valence-electron chi connectivity index (χ0n) is 15.7. The molecule has 0 fully saturated rings. The molecule has 0 aliphatic heterocycles. The van der Waals surface area contributed by atoms with Gasteiger partial charge in [0, 0.05) is 6.54 Å². The molecule has 0 saturated heterocycles. The maximum absolute atomic E-state index is 13.4. The summed E-state index contributed by atoms with van der Waals surface area (Å²) in [7, 11) is 4.57. The van der Waals surface area contributed by atoms with Gasteiger partial charge in [-0.05, 0) is 36.2 Å². The number of rotatable bonds is 10. The fourth-order valence-corrected chi connectivity index (χ4v) is 2.53. The van der Waals surface area contributed by atoms with Gasteiger partial charge in [0.25, 0.3) is 0 Å². The van der Waals surface area contributed by atoms with Crippen molar-refractivity contribution in [2.24, 2.45) is 0 Å². The number of halogens is 1. The first-order valence-electron chi connectivity index (χ1n) is 8.52. The van der Waals surface area contributed by atoms with Crippen LogP contribution < -0.4 is 24.3 Å². The fraction of sp³-hybridized carbons (Fsp3) is 0.350. The summed E-state index contributed by atoms with van der Waals surface area (Å²) in [5, 5.41) is 2.81. The monoisotopic (exact) mass is 377 g/mol. The minimum atomic E-state index is -0.399. The molecule has 0 heterocycles. The van der Waals surface area contributed by atoms with Crippen LogP contribution >= 0.6 is 0 Å². The molecule has 2 aromatic carbocycles. The molecule has 2 aromatic rings. The Balaban J connectivity index is 1.81. The molecule has 0 atom stereocenters. The number of amides is 1. The highest BCUT2D eigenvalue weighted by Crippen LogP contribution is 2.38. The molecule has 27 heavy (non-hydrogen) atoms. The lowest BCUT2D eigenvalue weighted by Gasteiger charge is -2.14. The van der Waals surface area contributed by atoms with Crippen LogP contribution in [0.15, 0.2) is 36.4 Å². The highest BCUT2D eigenvalue weighted by Gasteiger charge is 2.14. The van der Waals surface area contributed by atoms with Gasteiger partial charge in [-0.15, -0.1) is 0 Å². The Morgan fingerprint density at radius 1 is 1.00 bits per heavy atom. The molecule has 1 amide bonds. The van der Waals surface area contributed by atoms with E-state index in [9.17, 15) is 9.18 Å². The summed E-state index contributed by atoms with van der Waals surface area (Å²) in [5.74, 6) is 1.14. The van der Waals surface area contributed by atoms with Crippen molar-refractivity contribution in [1.82, 2.24) is 5.32 Å². The average Bonchev–Trinajstić information content (AvgIpc) is 2.68. The van der Waals surface area contributed by atoms with E-state index in [4.69, 9.17) is 18.9 Å². The maximum Gasteiger partial charge on any atom is 0.224 e. The molecule has 0 spiro atoms. The van der Waals surface area contributed by atoms with Crippen molar-refractivity contribution in [3.8, 4) is 23.0 Å². The number of ether oxygens (including phenoxy) is 4. The van der Waals surface area contributed by atoms with Crippen molar-refractivity contribution >= 4 is 5.91 Å². The van der Waals surface area contributed by atoms with E-state index in [0.29, 0.717) is 36.8 Å². The summed E-state index contributed by atoms with van der Waals surface area (Å²) in [6.07, 6.45) is 0.736. The van der Waals surface area contributed by atoms with Gasteiger partial charge in [-0.1, -0.05) is 12.1 Å². The lowest BCUT2D eigenvalue weighted by Crippen LogP contribution is -2.27. The number of benzene rings is 2. The second kappa shape index (κ2) is 10.3. The van der Waals surface area contributed by atoms with Crippen LogP contribution in [0.1, 0.15) is 12.0 Å². The molecule has 1 N–H and O–H groups in total. The normalized spacial score (nSPS) is 10.2. The molecule has 7 heteroatoms. The summed E-state index contributed by atoms with van der Waals surface area (Å²) < 4.78 is 34.6. The summed E-state index contributed by atoms with van der Waals surface area (Å²) in [4.78, 5) is 12.1. The van der Waals surface area contributed by atoms with E-state index in [1.807, 2.05) is 0 Å². The first-order valence-corrected chi connectivity index (χ1v) is 8.52. The van der Waals surface area contributed by atoms with Gasteiger partial charge in [0.1, 0.15) is 0 Å². The van der Waals surface area contributed by atoms with Gasteiger partial charge in [-0.2, -0.15) is 0 Å². The predicted octanol–water partition coefficient (Wildman–Crippen LogP) is 2.98. The number of carbonyl (C=O) groups excluding carboxylic acids is 1. The van der Waals surface area contributed by atoms with Gasteiger partial charge in [-0.3, -0.25) is 4.79 Å². The average molecular weight is 377 g/mol. The summed E-state index contributed by atoms with van der Waals surface area (Å²) >= 11 is 0.